The van der Waals surface area contributed by atoms with Crippen LogP contribution in [-0.2, 0) is 0 Å². The fourth-order valence-electron chi connectivity index (χ4n) is 2.23. The van der Waals surface area contributed by atoms with Gasteiger partial charge in [-0.05, 0) is 31.0 Å². The van der Waals surface area contributed by atoms with Crippen LogP contribution in [0.15, 0.2) is 24.3 Å². The van der Waals surface area contributed by atoms with E-state index >= 15 is 0 Å². The van der Waals surface area contributed by atoms with Gasteiger partial charge < -0.3 is 9.84 Å². The van der Waals surface area contributed by atoms with E-state index in [-0.39, 0.29) is 0 Å². The Labute approximate surface area is 102 Å². The summed E-state index contributed by atoms with van der Waals surface area (Å²) in [7, 11) is 0. The molecule has 0 aliphatic heterocycles. The first-order chi connectivity index (χ1) is 8.22. The lowest BCUT2D eigenvalue weighted by atomic mass is 9.85. The van der Waals surface area contributed by atoms with Crippen molar-refractivity contribution in [3.63, 3.8) is 0 Å². The van der Waals surface area contributed by atoms with Crippen LogP contribution in [0.25, 0.3) is 0 Å². The van der Waals surface area contributed by atoms with Crippen molar-refractivity contribution in [2.75, 3.05) is 6.61 Å². The molecular weight excluding hydrogens is 214 g/mol. The van der Waals surface area contributed by atoms with E-state index in [1.54, 1.807) is 18.2 Å². The second-order valence-corrected chi connectivity index (χ2v) is 4.71. The Kier molecular flexibility index (Phi) is 3.65. The lowest BCUT2D eigenvalue weighted by molar-refractivity contribution is -0.0339. The molecule has 0 bridgehead atoms. The van der Waals surface area contributed by atoms with Crippen molar-refractivity contribution in [2.24, 2.45) is 0 Å². The average Bonchev–Trinajstić information content (AvgIpc) is 2.38. The fourth-order valence-corrected chi connectivity index (χ4v) is 2.23. The van der Waals surface area contributed by atoms with Crippen LogP contribution >= 0.6 is 0 Å². The maximum Gasteiger partial charge on any atom is 0.120 e. The number of ether oxygens (including phenoxy) is 1. The summed E-state index contributed by atoms with van der Waals surface area (Å²) < 4.78 is 5.59. The van der Waals surface area contributed by atoms with Crippen LogP contribution in [0.4, 0.5) is 0 Å². The van der Waals surface area contributed by atoms with Crippen molar-refractivity contribution in [1.29, 1.82) is 5.26 Å². The summed E-state index contributed by atoms with van der Waals surface area (Å²) in [4.78, 5) is 0. The van der Waals surface area contributed by atoms with Gasteiger partial charge in [0.25, 0.3) is 0 Å². The zero-order valence-electron chi connectivity index (χ0n) is 9.85. The number of nitrogens with zero attached hydrogens (tertiary/aromatic N) is 1. The molecule has 90 valence electrons. The van der Waals surface area contributed by atoms with E-state index in [9.17, 15) is 5.11 Å². The Morgan fingerprint density at radius 1 is 1.29 bits per heavy atom. The highest BCUT2D eigenvalue weighted by molar-refractivity contribution is 5.36. The maximum atomic E-state index is 10.3. The third kappa shape index (κ3) is 3.21. The Morgan fingerprint density at radius 3 is 2.76 bits per heavy atom. The van der Waals surface area contributed by atoms with Gasteiger partial charge in [0.2, 0.25) is 0 Å². The number of hydrogen-bond donors (Lipinski definition) is 1. The van der Waals surface area contributed by atoms with Gasteiger partial charge in [-0.3, -0.25) is 0 Å². The molecule has 0 radical (unpaired) electrons. The molecule has 17 heavy (non-hydrogen) atoms. The summed E-state index contributed by atoms with van der Waals surface area (Å²) in [5.41, 5.74) is -0.0981. The van der Waals surface area contributed by atoms with Crippen molar-refractivity contribution in [1.82, 2.24) is 0 Å². The van der Waals surface area contributed by atoms with Crippen LogP contribution < -0.4 is 4.74 Å². The number of benzene rings is 1. The van der Waals surface area contributed by atoms with Gasteiger partial charge in [0, 0.05) is 0 Å². The minimum absolute atomic E-state index is 0.321. The lowest BCUT2D eigenvalue weighted by Gasteiger charge is -2.31. The third-order valence-corrected chi connectivity index (χ3v) is 3.25. The predicted molar refractivity (Wildman–Crippen MR) is 64.7 cm³/mol. The molecule has 3 heteroatoms. The van der Waals surface area contributed by atoms with E-state index in [2.05, 4.69) is 6.07 Å². The first-order valence-electron chi connectivity index (χ1n) is 6.07. The zero-order valence-corrected chi connectivity index (χ0v) is 9.85. The molecule has 0 heterocycles. The molecule has 1 fully saturated rings. The predicted octanol–water partition coefficient (Wildman–Crippen LogP) is 2.63. The molecule has 1 aliphatic rings. The molecule has 1 aromatic rings. The molecule has 1 saturated carbocycles. The van der Waals surface area contributed by atoms with Crippen LogP contribution in [0, 0.1) is 11.3 Å². The Morgan fingerprint density at radius 2 is 2.06 bits per heavy atom. The number of nitriles is 1. The molecule has 0 spiro atoms. The molecule has 0 amide bonds. The second kappa shape index (κ2) is 5.20. The van der Waals surface area contributed by atoms with Crippen molar-refractivity contribution in [3.8, 4) is 11.8 Å². The standard InChI is InChI=1S/C14H17NO2/c15-10-12-5-4-6-13(9-12)17-11-14(16)7-2-1-3-8-14/h4-6,9,16H,1-3,7-8,11H2. The normalized spacial score (nSPS) is 18.4. The summed E-state index contributed by atoms with van der Waals surface area (Å²) in [5, 5.41) is 19.0. The molecule has 0 aromatic heterocycles. The van der Waals surface area contributed by atoms with Crippen molar-refractivity contribution in [3.05, 3.63) is 29.8 Å². The Balaban J connectivity index is 1.95. The minimum atomic E-state index is -0.680. The molecular formula is C14H17NO2. The molecule has 0 unspecified atom stereocenters. The first-order valence-corrected chi connectivity index (χ1v) is 6.07. The van der Waals surface area contributed by atoms with E-state index in [0.29, 0.717) is 17.9 Å². The fraction of sp³-hybridized carbons (Fsp3) is 0.500. The van der Waals surface area contributed by atoms with Gasteiger partial charge in [-0.1, -0.05) is 25.3 Å². The highest BCUT2D eigenvalue weighted by atomic mass is 16.5. The second-order valence-electron chi connectivity index (χ2n) is 4.71. The van der Waals surface area contributed by atoms with Crippen LogP contribution in [0.3, 0.4) is 0 Å². The van der Waals surface area contributed by atoms with Gasteiger partial charge in [-0.25, -0.2) is 0 Å². The van der Waals surface area contributed by atoms with Crippen LogP contribution in [0.5, 0.6) is 5.75 Å². The van der Waals surface area contributed by atoms with Gasteiger partial charge in [-0.2, -0.15) is 5.26 Å². The molecule has 0 saturated heterocycles. The van der Waals surface area contributed by atoms with Crippen LogP contribution in [0.1, 0.15) is 37.7 Å². The van der Waals surface area contributed by atoms with Crippen molar-refractivity contribution >= 4 is 0 Å². The Bertz CT molecular complexity index is 416. The smallest absolute Gasteiger partial charge is 0.120 e. The van der Waals surface area contributed by atoms with E-state index in [1.807, 2.05) is 6.07 Å². The topological polar surface area (TPSA) is 53.2 Å². The molecule has 1 N–H and O–H groups in total. The van der Waals surface area contributed by atoms with E-state index < -0.39 is 5.60 Å². The summed E-state index contributed by atoms with van der Waals surface area (Å²) >= 11 is 0. The van der Waals surface area contributed by atoms with Crippen LogP contribution in [0.2, 0.25) is 0 Å². The SMILES string of the molecule is N#Cc1cccc(OCC2(O)CCCCC2)c1. The first kappa shape index (κ1) is 11.9. The minimum Gasteiger partial charge on any atom is -0.491 e. The molecule has 0 atom stereocenters. The maximum absolute atomic E-state index is 10.3. The van der Waals surface area contributed by atoms with Gasteiger partial charge in [0.05, 0.1) is 17.2 Å². The molecule has 1 aliphatic carbocycles. The molecule has 2 rings (SSSR count). The van der Waals surface area contributed by atoms with E-state index in [1.165, 1.54) is 6.42 Å². The highest BCUT2D eigenvalue weighted by Gasteiger charge is 2.29. The summed E-state index contributed by atoms with van der Waals surface area (Å²) in [6, 6.07) is 9.11. The zero-order chi connectivity index (χ0) is 12.1. The van der Waals surface area contributed by atoms with Crippen molar-refractivity contribution in [2.45, 2.75) is 37.7 Å². The largest absolute Gasteiger partial charge is 0.491 e. The highest BCUT2D eigenvalue weighted by Crippen LogP contribution is 2.28. The molecule has 1 aromatic carbocycles. The van der Waals surface area contributed by atoms with E-state index in [0.717, 1.165) is 25.7 Å². The third-order valence-electron chi connectivity index (χ3n) is 3.25. The summed E-state index contributed by atoms with van der Waals surface area (Å²) in [6.45, 7) is 0.321. The Hall–Kier alpha value is -1.53. The average molecular weight is 231 g/mol. The van der Waals surface area contributed by atoms with Gasteiger partial charge in [-0.15, -0.1) is 0 Å². The van der Waals surface area contributed by atoms with Gasteiger partial charge >= 0.3 is 0 Å². The number of aliphatic hydroxyl groups is 1. The van der Waals surface area contributed by atoms with Gasteiger partial charge in [0.15, 0.2) is 0 Å². The quantitative estimate of drug-likeness (QED) is 0.870. The summed E-state index contributed by atoms with van der Waals surface area (Å²) in [6.07, 6.45) is 4.96. The van der Waals surface area contributed by atoms with Crippen LogP contribution in [-0.4, -0.2) is 17.3 Å². The van der Waals surface area contributed by atoms with E-state index in [4.69, 9.17) is 10.00 Å². The van der Waals surface area contributed by atoms with Crippen molar-refractivity contribution < 1.29 is 9.84 Å². The molecule has 3 nitrogen and oxygen atoms in total. The summed E-state index contributed by atoms with van der Waals surface area (Å²) in [5.74, 6) is 0.656. The monoisotopic (exact) mass is 231 g/mol. The lowest BCUT2D eigenvalue weighted by Crippen LogP contribution is -2.37. The number of hydrogen-bond acceptors (Lipinski definition) is 3. The van der Waals surface area contributed by atoms with Gasteiger partial charge in [0.1, 0.15) is 12.4 Å². The number of rotatable bonds is 3.